The van der Waals surface area contributed by atoms with Gasteiger partial charge in [0.15, 0.2) is 11.6 Å². The van der Waals surface area contributed by atoms with Gasteiger partial charge in [-0.2, -0.15) is 0 Å². The van der Waals surface area contributed by atoms with Crippen LogP contribution < -0.4 is 0 Å². The van der Waals surface area contributed by atoms with Crippen molar-refractivity contribution in [2.75, 3.05) is 0 Å². The number of carbonyl (C=O) groups is 1. The fourth-order valence-corrected chi connectivity index (χ4v) is 1.89. The van der Waals surface area contributed by atoms with Gasteiger partial charge in [-0.25, -0.2) is 13.6 Å². The molecule has 0 saturated heterocycles. The average Bonchev–Trinajstić information content (AvgIpc) is 2.37. The van der Waals surface area contributed by atoms with Crippen molar-refractivity contribution in [1.29, 1.82) is 0 Å². The van der Waals surface area contributed by atoms with Crippen molar-refractivity contribution >= 4 is 5.97 Å². The zero-order chi connectivity index (χ0) is 14.2. The van der Waals surface area contributed by atoms with Crippen molar-refractivity contribution in [2.24, 2.45) is 0 Å². The SMILES string of the molecule is Cc1ccc(-c2ccc(C)c(F)c2F)cc1C(=O)O. The molecular weight excluding hydrogens is 250 g/mol. The van der Waals surface area contributed by atoms with Gasteiger partial charge in [0.05, 0.1) is 5.56 Å². The van der Waals surface area contributed by atoms with Crippen LogP contribution in [-0.2, 0) is 0 Å². The van der Waals surface area contributed by atoms with Crippen LogP contribution in [0.4, 0.5) is 8.78 Å². The molecule has 0 radical (unpaired) electrons. The third-order valence-corrected chi connectivity index (χ3v) is 3.05. The minimum Gasteiger partial charge on any atom is -0.478 e. The van der Waals surface area contributed by atoms with Crippen LogP contribution in [0.3, 0.4) is 0 Å². The third kappa shape index (κ3) is 2.34. The zero-order valence-corrected chi connectivity index (χ0v) is 10.5. The van der Waals surface area contributed by atoms with Crippen molar-refractivity contribution in [2.45, 2.75) is 13.8 Å². The molecule has 0 aliphatic carbocycles. The van der Waals surface area contributed by atoms with Crippen LogP contribution in [0, 0.1) is 25.5 Å². The lowest BCUT2D eigenvalue weighted by Gasteiger charge is -2.08. The molecule has 0 spiro atoms. The van der Waals surface area contributed by atoms with Crippen LogP contribution in [0.15, 0.2) is 30.3 Å². The molecule has 0 heterocycles. The summed E-state index contributed by atoms with van der Waals surface area (Å²) in [5.74, 6) is -2.96. The van der Waals surface area contributed by atoms with E-state index in [0.717, 1.165) is 0 Å². The van der Waals surface area contributed by atoms with E-state index in [1.165, 1.54) is 25.1 Å². The van der Waals surface area contributed by atoms with Gasteiger partial charge in [-0.3, -0.25) is 0 Å². The fraction of sp³-hybridized carbons (Fsp3) is 0.133. The number of hydrogen-bond acceptors (Lipinski definition) is 1. The predicted molar refractivity (Wildman–Crippen MR) is 68.2 cm³/mol. The van der Waals surface area contributed by atoms with Crippen LogP contribution >= 0.6 is 0 Å². The largest absolute Gasteiger partial charge is 0.478 e. The third-order valence-electron chi connectivity index (χ3n) is 3.05. The number of carboxylic acid groups (broad SMARTS) is 1. The summed E-state index contributed by atoms with van der Waals surface area (Å²) in [6.07, 6.45) is 0. The van der Waals surface area contributed by atoms with Crippen molar-refractivity contribution in [1.82, 2.24) is 0 Å². The summed E-state index contributed by atoms with van der Waals surface area (Å²) >= 11 is 0. The van der Waals surface area contributed by atoms with Crippen molar-refractivity contribution in [3.63, 3.8) is 0 Å². The highest BCUT2D eigenvalue weighted by atomic mass is 19.2. The first-order valence-corrected chi connectivity index (χ1v) is 5.70. The van der Waals surface area contributed by atoms with E-state index < -0.39 is 17.6 Å². The highest BCUT2D eigenvalue weighted by Gasteiger charge is 2.15. The minimum atomic E-state index is -1.09. The molecule has 0 unspecified atom stereocenters. The Labute approximate surface area is 109 Å². The van der Waals surface area contributed by atoms with Crippen LogP contribution in [0.5, 0.6) is 0 Å². The Bertz CT molecular complexity index is 663. The van der Waals surface area contributed by atoms with E-state index in [-0.39, 0.29) is 16.7 Å². The zero-order valence-electron chi connectivity index (χ0n) is 10.5. The second-order valence-corrected chi connectivity index (χ2v) is 4.39. The maximum Gasteiger partial charge on any atom is 0.335 e. The van der Waals surface area contributed by atoms with E-state index in [4.69, 9.17) is 5.11 Å². The number of aromatic carboxylic acids is 1. The van der Waals surface area contributed by atoms with Crippen molar-refractivity contribution in [3.8, 4) is 11.1 Å². The topological polar surface area (TPSA) is 37.3 Å². The van der Waals surface area contributed by atoms with E-state index in [2.05, 4.69) is 0 Å². The number of halogens is 2. The number of hydrogen-bond donors (Lipinski definition) is 1. The van der Waals surface area contributed by atoms with Gasteiger partial charge in [0.25, 0.3) is 0 Å². The Balaban J connectivity index is 2.63. The van der Waals surface area contributed by atoms with Crippen LogP contribution in [0.1, 0.15) is 21.5 Å². The van der Waals surface area contributed by atoms with Gasteiger partial charge in [-0.05, 0) is 36.6 Å². The van der Waals surface area contributed by atoms with E-state index in [1.807, 2.05) is 0 Å². The number of carboxylic acids is 1. The monoisotopic (exact) mass is 262 g/mol. The summed E-state index contributed by atoms with van der Waals surface area (Å²) in [5.41, 5.74) is 1.28. The lowest BCUT2D eigenvalue weighted by Crippen LogP contribution is -2.00. The predicted octanol–water partition coefficient (Wildman–Crippen LogP) is 3.95. The molecule has 0 bridgehead atoms. The first-order chi connectivity index (χ1) is 8.91. The Morgan fingerprint density at radius 2 is 1.63 bits per heavy atom. The molecule has 0 fully saturated rings. The molecule has 98 valence electrons. The van der Waals surface area contributed by atoms with Gasteiger partial charge < -0.3 is 5.11 Å². The average molecular weight is 262 g/mol. The molecular formula is C15H12F2O2. The summed E-state index contributed by atoms with van der Waals surface area (Å²) in [5, 5.41) is 9.04. The Morgan fingerprint density at radius 1 is 1.00 bits per heavy atom. The standard InChI is InChI=1S/C15H12F2O2/c1-8-3-5-10(7-12(8)15(18)19)11-6-4-9(2)13(16)14(11)17/h3-7H,1-2H3,(H,18,19). The van der Waals surface area contributed by atoms with Crippen LogP contribution in [0.25, 0.3) is 11.1 Å². The smallest absolute Gasteiger partial charge is 0.335 e. The second-order valence-electron chi connectivity index (χ2n) is 4.39. The molecule has 2 rings (SSSR count). The van der Waals surface area contributed by atoms with E-state index >= 15 is 0 Å². The fourth-order valence-electron chi connectivity index (χ4n) is 1.89. The van der Waals surface area contributed by atoms with Gasteiger partial charge in [-0.1, -0.05) is 24.3 Å². The maximum absolute atomic E-state index is 13.9. The van der Waals surface area contributed by atoms with Crippen molar-refractivity contribution in [3.05, 3.63) is 58.7 Å². The van der Waals surface area contributed by atoms with Crippen LogP contribution in [0.2, 0.25) is 0 Å². The molecule has 0 aromatic heterocycles. The Morgan fingerprint density at radius 3 is 2.26 bits per heavy atom. The molecule has 1 N–H and O–H groups in total. The first-order valence-electron chi connectivity index (χ1n) is 5.70. The highest BCUT2D eigenvalue weighted by molar-refractivity contribution is 5.91. The number of aryl methyl sites for hydroxylation is 2. The molecule has 0 atom stereocenters. The lowest BCUT2D eigenvalue weighted by molar-refractivity contribution is 0.0696. The van der Waals surface area contributed by atoms with Crippen molar-refractivity contribution < 1.29 is 18.7 Å². The molecule has 0 aliphatic rings. The highest BCUT2D eigenvalue weighted by Crippen LogP contribution is 2.27. The molecule has 0 amide bonds. The molecule has 2 aromatic carbocycles. The van der Waals surface area contributed by atoms with Gasteiger partial charge in [-0.15, -0.1) is 0 Å². The van der Waals surface area contributed by atoms with Gasteiger partial charge in [0.1, 0.15) is 0 Å². The maximum atomic E-state index is 13.9. The van der Waals surface area contributed by atoms with E-state index in [1.54, 1.807) is 19.1 Å². The second kappa shape index (κ2) is 4.80. The lowest BCUT2D eigenvalue weighted by atomic mass is 9.98. The molecule has 2 aromatic rings. The van der Waals surface area contributed by atoms with E-state index in [0.29, 0.717) is 11.1 Å². The summed E-state index contributed by atoms with van der Waals surface area (Å²) in [6.45, 7) is 3.12. The molecule has 19 heavy (non-hydrogen) atoms. The van der Waals surface area contributed by atoms with Gasteiger partial charge in [0, 0.05) is 5.56 Å². The summed E-state index contributed by atoms with van der Waals surface area (Å²) < 4.78 is 27.4. The number of benzene rings is 2. The molecule has 4 heteroatoms. The summed E-state index contributed by atoms with van der Waals surface area (Å²) in [4.78, 5) is 11.0. The van der Waals surface area contributed by atoms with E-state index in [9.17, 15) is 13.6 Å². The minimum absolute atomic E-state index is 0.0607. The van der Waals surface area contributed by atoms with Gasteiger partial charge >= 0.3 is 5.97 Å². The molecule has 2 nitrogen and oxygen atoms in total. The normalized spacial score (nSPS) is 10.5. The summed E-state index contributed by atoms with van der Waals surface area (Å²) in [6, 6.07) is 7.42. The Kier molecular flexibility index (Phi) is 3.34. The Hall–Kier alpha value is -2.23. The quantitative estimate of drug-likeness (QED) is 0.889. The number of rotatable bonds is 2. The van der Waals surface area contributed by atoms with Gasteiger partial charge in [0.2, 0.25) is 0 Å². The first kappa shape index (κ1) is 13.2. The summed E-state index contributed by atoms with van der Waals surface area (Å²) in [7, 11) is 0. The van der Waals surface area contributed by atoms with Crippen LogP contribution in [-0.4, -0.2) is 11.1 Å². The molecule has 0 aliphatic heterocycles. The molecule has 0 saturated carbocycles.